The minimum atomic E-state index is 0.506. The third-order valence-electron chi connectivity index (χ3n) is 3.98. The average molecular weight is 588 g/mol. The van der Waals surface area contributed by atoms with Crippen LogP contribution in [-0.4, -0.2) is 0 Å². The van der Waals surface area contributed by atoms with Crippen LogP contribution in [0.1, 0.15) is 22.3 Å². The van der Waals surface area contributed by atoms with Crippen molar-refractivity contribution in [2.24, 2.45) is 0 Å². The molecule has 0 bridgehead atoms. The molecule has 0 radical (unpaired) electrons. The molecule has 0 aliphatic heterocycles. The molecule has 0 amide bonds. The summed E-state index contributed by atoms with van der Waals surface area (Å²) in [4.78, 5) is 0. The molecule has 0 N–H and O–H groups in total. The molecule has 0 aliphatic carbocycles. The molecular formula is C23H14I2N2O. The highest BCUT2D eigenvalue weighted by Crippen LogP contribution is 2.31. The number of allylic oxidation sites excluding steroid dienone is 1. The molecule has 3 aromatic carbocycles. The molecule has 0 unspecified atom stereocenters. The normalized spacial score (nSPS) is 10.8. The van der Waals surface area contributed by atoms with Crippen molar-refractivity contribution in [2.75, 3.05) is 0 Å². The van der Waals surface area contributed by atoms with Gasteiger partial charge in [0.15, 0.2) is 0 Å². The molecule has 0 atom stereocenters. The van der Waals surface area contributed by atoms with Crippen molar-refractivity contribution < 1.29 is 4.74 Å². The zero-order chi connectivity index (χ0) is 19.9. The van der Waals surface area contributed by atoms with Gasteiger partial charge in [-0.15, -0.1) is 0 Å². The van der Waals surface area contributed by atoms with Crippen LogP contribution >= 0.6 is 45.2 Å². The van der Waals surface area contributed by atoms with Crippen molar-refractivity contribution >= 4 is 56.8 Å². The Morgan fingerprint density at radius 1 is 0.929 bits per heavy atom. The van der Waals surface area contributed by atoms with Crippen LogP contribution in [0.2, 0.25) is 0 Å². The lowest BCUT2D eigenvalue weighted by atomic mass is 10.0. The van der Waals surface area contributed by atoms with Crippen LogP contribution in [0.15, 0.2) is 66.7 Å². The van der Waals surface area contributed by atoms with Gasteiger partial charge in [-0.1, -0.05) is 42.5 Å². The van der Waals surface area contributed by atoms with E-state index in [0.29, 0.717) is 17.7 Å². The van der Waals surface area contributed by atoms with Crippen LogP contribution in [0.25, 0.3) is 11.6 Å². The zero-order valence-electron chi connectivity index (χ0n) is 14.7. The van der Waals surface area contributed by atoms with Gasteiger partial charge < -0.3 is 4.74 Å². The maximum absolute atomic E-state index is 9.58. The number of ether oxygens (including phenoxy) is 1. The first-order valence-corrected chi connectivity index (χ1v) is 10.5. The van der Waals surface area contributed by atoms with Crippen molar-refractivity contribution in [1.29, 1.82) is 10.5 Å². The quantitative estimate of drug-likeness (QED) is 0.197. The number of hydrogen-bond donors (Lipinski definition) is 0. The predicted octanol–water partition coefficient (Wildman–Crippen LogP) is 6.41. The van der Waals surface area contributed by atoms with Crippen molar-refractivity contribution in [2.45, 2.75) is 6.61 Å². The van der Waals surface area contributed by atoms with Gasteiger partial charge in [-0.2, -0.15) is 10.5 Å². The number of halogens is 2. The number of nitrogens with zero attached hydrogens (tertiary/aromatic N) is 2. The fourth-order valence-corrected chi connectivity index (χ4v) is 4.76. The van der Waals surface area contributed by atoms with Crippen molar-refractivity contribution in [1.82, 2.24) is 0 Å². The van der Waals surface area contributed by atoms with E-state index in [1.165, 1.54) is 0 Å². The fraction of sp³-hybridized carbons (Fsp3) is 0.0435. The minimum Gasteiger partial charge on any atom is -0.487 e. The van der Waals surface area contributed by atoms with E-state index < -0.39 is 0 Å². The Morgan fingerprint density at radius 3 is 2.29 bits per heavy atom. The Hall–Kier alpha value is -2.36. The van der Waals surface area contributed by atoms with E-state index in [9.17, 15) is 5.26 Å². The summed E-state index contributed by atoms with van der Waals surface area (Å²) in [5.41, 5.74) is 3.81. The molecule has 0 heterocycles. The summed E-state index contributed by atoms with van der Waals surface area (Å²) >= 11 is 4.51. The second-order valence-electron chi connectivity index (χ2n) is 5.95. The zero-order valence-corrected chi connectivity index (χ0v) is 19.0. The van der Waals surface area contributed by atoms with E-state index in [1.807, 2.05) is 54.6 Å². The smallest absolute Gasteiger partial charge is 0.146 e. The van der Waals surface area contributed by atoms with Gasteiger partial charge in [-0.25, -0.2) is 0 Å². The molecule has 0 saturated heterocycles. The summed E-state index contributed by atoms with van der Waals surface area (Å²) in [6.07, 6.45) is 1.84. The Kier molecular flexibility index (Phi) is 7.07. The van der Waals surface area contributed by atoms with E-state index in [0.717, 1.165) is 29.6 Å². The molecule has 28 heavy (non-hydrogen) atoms. The second kappa shape index (κ2) is 9.72. The Bertz CT molecular complexity index is 1090. The van der Waals surface area contributed by atoms with E-state index in [-0.39, 0.29) is 0 Å². The predicted molar refractivity (Wildman–Crippen MR) is 127 cm³/mol. The third-order valence-corrected chi connectivity index (χ3v) is 5.58. The van der Waals surface area contributed by atoms with Crippen molar-refractivity contribution in [3.05, 3.63) is 96.1 Å². The number of rotatable bonds is 5. The number of nitriles is 2. The summed E-state index contributed by atoms with van der Waals surface area (Å²) in [5.74, 6) is 0.840. The van der Waals surface area contributed by atoms with Crippen LogP contribution in [0.3, 0.4) is 0 Å². The molecule has 5 heteroatoms. The molecule has 0 aromatic heterocycles. The van der Waals surface area contributed by atoms with Crippen LogP contribution in [0, 0.1) is 29.8 Å². The van der Waals surface area contributed by atoms with Gasteiger partial charge in [0, 0.05) is 0 Å². The van der Waals surface area contributed by atoms with Gasteiger partial charge in [0.2, 0.25) is 0 Å². The second-order valence-corrected chi connectivity index (χ2v) is 8.27. The lowest BCUT2D eigenvalue weighted by Crippen LogP contribution is -1.99. The molecule has 0 saturated carbocycles. The van der Waals surface area contributed by atoms with E-state index >= 15 is 0 Å². The minimum absolute atomic E-state index is 0.506. The summed E-state index contributed by atoms with van der Waals surface area (Å²) in [7, 11) is 0. The van der Waals surface area contributed by atoms with Crippen LogP contribution in [0.4, 0.5) is 0 Å². The Morgan fingerprint density at radius 2 is 1.64 bits per heavy atom. The largest absolute Gasteiger partial charge is 0.487 e. The summed E-state index contributed by atoms with van der Waals surface area (Å²) in [6.45, 7) is 0.506. The van der Waals surface area contributed by atoms with Crippen LogP contribution < -0.4 is 4.74 Å². The van der Waals surface area contributed by atoms with Gasteiger partial charge in [-0.05, 0) is 92.2 Å². The topological polar surface area (TPSA) is 56.8 Å². The van der Waals surface area contributed by atoms with E-state index in [1.54, 1.807) is 18.2 Å². The standard InChI is InChI=1S/C23H14I2N2O/c24-21-11-18(10-20(14-27)19-8-4-7-17(9-19)13-26)12-22(25)23(21)28-15-16-5-2-1-3-6-16/h1-12H,15H2. The first-order valence-electron chi connectivity index (χ1n) is 8.39. The molecule has 0 spiro atoms. The highest BCUT2D eigenvalue weighted by Gasteiger charge is 2.10. The van der Waals surface area contributed by atoms with Gasteiger partial charge in [0.25, 0.3) is 0 Å². The maximum atomic E-state index is 9.58. The summed E-state index contributed by atoms with van der Waals surface area (Å²) < 4.78 is 7.98. The third kappa shape index (κ3) is 5.12. The first kappa shape index (κ1) is 20.4. The van der Waals surface area contributed by atoms with Crippen molar-refractivity contribution in [3.63, 3.8) is 0 Å². The van der Waals surface area contributed by atoms with Gasteiger partial charge in [0.05, 0.1) is 30.4 Å². The lowest BCUT2D eigenvalue weighted by Gasteiger charge is -2.12. The molecule has 136 valence electrons. The molecule has 3 rings (SSSR count). The Balaban J connectivity index is 1.87. The highest BCUT2D eigenvalue weighted by atomic mass is 127. The van der Waals surface area contributed by atoms with Crippen LogP contribution in [-0.2, 0) is 6.61 Å². The van der Waals surface area contributed by atoms with Crippen LogP contribution in [0.5, 0.6) is 5.75 Å². The summed E-state index contributed by atoms with van der Waals surface area (Å²) in [5, 5.41) is 18.7. The number of hydrogen-bond acceptors (Lipinski definition) is 3. The average Bonchev–Trinajstić information content (AvgIpc) is 2.72. The highest BCUT2D eigenvalue weighted by molar-refractivity contribution is 14.1. The Labute approximate surface area is 191 Å². The fourth-order valence-electron chi connectivity index (χ4n) is 2.63. The van der Waals surface area contributed by atoms with Crippen molar-refractivity contribution in [3.8, 4) is 17.9 Å². The first-order chi connectivity index (χ1) is 13.6. The number of benzene rings is 3. The maximum Gasteiger partial charge on any atom is 0.146 e. The van der Waals surface area contributed by atoms with E-state index in [2.05, 4.69) is 57.3 Å². The molecule has 0 fully saturated rings. The van der Waals surface area contributed by atoms with Gasteiger partial charge in [0.1, 0.15) is 12.4 Å². The van der Waals surface area contributed by atoms with Gasteiger partial charge in [-0.3, -0.25) is 0 Å². The molecule has 3 nitrogen and oxygen atoms in total. The van der Waals surface area contributed by atoms with E-state index in [4.69, 9.17) is 10.00 Å². The SMILES string of the molecule is N#CC(=Cc1cc(I)c(OCc2ccccc2)c(I)c1)c1cccc(C#N)c1. The summed E-state index contributed by atoms with van der Waals surface area (Å²) in [6, 6.07) is 25.4. The lowest BCUT2D eigenvalue weighted by molar-refractivity contribution is 0.302. The molecule has 0 aliphatic rings. The van der Waals surface area contributed by atoms with Gasteiger partial charge >= 0.3 is 0 Å². The monoisotopic (exact) mass is 588 g/mol. The molecule has 3 aromatic rings. The molecular weight excluding hydrogens is 574 g/mol.